The molecule has 0 spiro atoms. The minimum Gasteiger partial charge on any atom is -0.382 e. The molecule has 0 saturated heterocycles. The van der Waals surface area contributed by atoms with E-state index in [-0.39, 0.29) is 0 Å². The lowest BCUT2D eigenvalue weighted by atomic mass is 9.79. The van der Waals surface area contributed by atoms with E-state index in [2.05, 4.69) is 43.6 Å². The molecule has 20 heavy (non-hydrogen) atoms. The predicted molar refractivity (Wildman–Crippen MR) is 85.3 cm³/mol. The zero-order valence-electron chi connectivity index (χ0n) is 13.0. The lowest BCUT2D eigenvalue weighted by Crippen LogP contribution is -2.28. The summed E-state index contributed by atoms with van der Waals surface area (Å²) in [6.45, 7) is 3.80. The molecule has 1 aliphatic rings. The molecule has 0 radical (unpaired) electrons. The average Bonchev–Trinajstić information content (AvgIpc) is 2.50. The van der Waals surface area contributed by atoms with Crippen LogP contribution in [0.5, 0.6) is 0 Å². The van der Waals surface area contributed by atoms with Gasteiger partial charge in [-0.2, -0.15) is 0 Å². The fraction of sp³-hybridized carbons (Fsp3) is 0.667. The minimum atomic E-state index is 0.617. The lowest BCUT2D eigenvalue weighted by Gasteiger charge is -2.29. The van der Waals surface area contributed by atoms with Crippen molar-refractivity contribution in [3.8, 4) is 0 Å². The molecule has 112 valence electrons. The number of rotatable bonds is 8. The largest absolute Gasteiger partial charge is 0.382 e. The highest BCUT2D eigenvalue weighted by atomic mass is 16.5. The summed E-state index contributed by atoms with van der Waals surface area (Å²) >= 11 is 0. The van der Waals surface area contributed by atoms with E-state index >= 15 is 0 Å². The molecule has 1 aromatic carbocycles. The van der Waals surface area contributed by atoms with Crippen LogP contribution in [0.25, 0.3) is 0 Å². The van der Waals surface area contributed by atoms with Gasteiger partial charge in [-0.15, -0.1) is 0 Å². The Bertz CT molecular complexity index is 391. The molecular formula is C18H29NO. The van der Waals surface area contributed by atoms with Crippen LogP contribution in [0, 0.1) is 0 Å². The third-order valence-corrected chi connectivity index (χ3v) is 4.52. The van der Waals surface area contributed by atoms with Crippen molar-refractivity contribution in [2.75, 3.05) is 20.3 Å². The van der Waals surface area contributed by atoms with Gasteiger partial charge in [-0.25, -0.2) is 0 Å². The molecule has 2 rings (SSSR count). The topological polar surface area (TPSA) is 21.3 Å². The van der Waals surface area contributed by atoms with Crippen molar-refractivity contribution in [3.63, 3.8) is 0 Å². The van der Waals surface area contributed by atoms with Gasteiger partial charge < -0.3 is 10.1 Å². The Hall–Kier alpha value is -0.860. The molecule has 0 aliphatic heterocycles. The van der Waals surface area contributed by atoms with Crippen molar-refractivity contribution < 1.29 is 4.74 Å². The third kappa shape index (κ3) is 4.32. The molecule has 0 bridgehead atoms. The normalized spacial score (nSPS) is 19.6. The molecule has 1 aliphatic carbocycles. The van der Waals surface area contributed by atoms with E-state index in [0.717, 1.165) is 25.6 Å². The van der Waals surface area contributed by atoms with Gasteiger partial charge in [0.05, 0.1) is 0 Å². The summed E-state index contributed by atoms with van der Waals surface area (Å²) in [5.41, 5.74) is 3.18. The summed E-state index contributed by atoms with van der Waals surface area (Å²) in [6, 6.07) is 9.64. The van der Waals surface area contributed by atoms with Crippen LogP contribution in [0.3, 0.4) is 0 Å². The summed E-state index contributed by atoms with van der Waals surface area (Å²) in [5.74, 6) is 0.740. The van der Waals surface area contributed by atoms with Crippen LogP contribution in [0.4, 0.5) is 0 Å². The standard InChI is InChI=1S/C18H29NO/c1-3-20-13-7-11-17(19-2)14-16-10-6-9-15-8-4-5-12-18(15)16/h4-5,8,12,16-17,19H,3,6-7,9-11,13-14H2,1-2H3. The highest BCUT2D eigenvalue weighted by Crippen LogP contribution is 2.35. The Morgan fingerprint density at radius 2 is 2.20 bits per heavy atom. The van der Waals surface area contributed by atoms with Gasteiger partial charge in [0.1, 0.15) is 0 Å². The molecule has 2 nitrogen and oxygen atoms in total. The van der Waals surface area contributed by atoms with E-state index in [1.54, 1.807) is 11.1 Å². The molecule has 0 aromatic heterocycles. The second-order valence-corrected chi connectivity index (χ2v) is 5.85. The zero-order chi connectivity index (χ0) is 14.2. The number of ether oxygens (including phenoxy) is 1. The maximum Gasteiger partial charge on any atom is 0.0466 e. The van der Waals surface area contributed by atoms with E-state index in [4.69, 9.17) is 4.74 Å². The van der Waals surface area contributed by atoms with E-state index in [0.29, 0.717) is 6.04 Å². The molecular weight excluding hydrogens is 246 g/mol. The predicted octanol–water partition coefficient (Wildman–Crippen LogP) is 3.90. The molecule has 1 N–H and O–H groups in total. The maximum atomic E-state index is 5.45. The van der Waals surface area contributed by atoms with Gasteiger partial charge >= 0.3 is 0 Å². The second kappa shape index (κ2) is 8.43. The summed E-state index contributed by atoms with van der Waals surface area (Å²) in [7, 11) is 2.10. The Labute approximate surface area is 123 Å². The zero-order valence-corrected chi connectivity index (χ0v) is 13.0. The van der Waals surface area contributed by atoms with Crippen LogP contribution >= 0.6 is 0 Å². The maximum absolute atomic E-state index is 5.45. The Morgan fingerprint density at radius 1 is 1.35 bits per heavy atom. The number of hydrogen-bond donors (Lipinski definition) is 1. The van der Waals surface area contributed by atoms with Gasteiger partial charge in [0.15, 0.2) is 0 Å². The Morgan fingerprint density at radius 3 is 3.00 bits per heavy atom. The minimum absolute atomic E-state index is 0.617. The fourth-order valence-corrected chi connectivity index (χ4v) is 3.40. The highest BCUT2D eigenvalue weighted by Gasteiger charge is 2.22. The third-order valence-electron chi connectivity index (χ3n) is 4.52. The van der Waals surface area contributed by atoms with Crippen molar-refractivity contribution in [1.82, 2.24) is 5.32 Å². The lowest BCUT2D eigenvalue weighted by molar-refractivity contribution is 0.140. The van der Waals surface area contributed by atoms with Crippen molar-refractivity contribution in [1.29, 1.82) is 0 Å². The smallest absolute Gasteiger partial charge is 0.0466 e. The van der Waals surface area contributed by atoms with Gasteiger partial charge in [-0.3, -0.25) is 0 Å². The molecule has 2 heteroatoms. The van der Waals surface area contributed by atoms with Crippen LogP contribution in [0.2, 0.25) is 0 Å². The van der Waals surface area contributed by atoms with Crippen LogP contribution in [-0.2, 0) is 11.2 Å². The monoisotopic (exact) mass is 275 g/mol. The van der Waals surface area contributed by atoms with Gasteiger partial charge in [-0.05, 0) is 69.5 Å². The summed E-state index contributed by atoms with van der Waals surface area (Å²) in [5, 5.41) is 3.50. The Kier molecular flexibility index (Phi) is 6.55. The van der Waals surface area contributed by atoms with Crippen LogP contribution < -0.4 is 5.32 Å². The first kappa shape index (κ1) is 15.5. The highest BCUT2D eigenvalue weighted by molar-refractivity contribution is 5.32. The van der Waals surface area contributed by atoms with Crippen LogP contribution in [0.1, 0.15) is 56.1 Å². The van der Waals surface area contributed by atoms with Crippen molar-refractivity contribution in [3.05, 3.63) is 35.4 Å². The molecule has 2 unspecified atom stereocenters. The summed E-state index contributed by atoms with van der Waals surface area (Å²) < 4.78 is 5.45. The number of hydrogen-bond acceptors (Lipinski definition) is 2. The first-order chi connectivity index (χ1) is 9.85. The molecule has 0 fully saturated rings. The van der Waals surface area contributed by atoms with Gasteiger partial charge in [0.2, 0.25) is 0 Å². The van der Waals surface area contributed by atoms with Crippen molar-refractivity contribution in [2.24, 2.45) is 0 Å². The molecule has 0 heterocycles. The number of benzene rings is 1. The van der Waals surface area contributed by atoms with E-state index in [9.17, 15) is 0 Å². The summed E-state index contributed by atoms with van der Waals surface area (Å²) in [4.78, 5) is 0. The average molecular weight is 275 g/mol. The first-order valence-corrected chi connectivity index (χ1v) is 8.18. The molecule has 1 aromatic rings. The van der Waals surface area contributed by atoms with E-state index in [1.165, 1.54) is 32.1 Å². The SMILES string of the molecule is CCOCCCC(CC1CCCc2ccccc21)NC. The van der Waals surface area contributed by atoms with E-state index in [1.807, 2.05) is 0 Å². The van der Waals surface area contributed by atoms with E-state index < -0.39 is 0 Å². The number of fused-ring (bicyclic) bond motifs is 1. The van der Waals surface area contributed by atoms with Gasteiger partial charge in [-0.1, -0.05) is 24.3 Å². The van der Waals surface area contributed by atoms with Crippen molar-refractivity contribution in [2.45, 2.75) is 57.4 Å². The van der Waals surface area contributed by atoms with Crippen molar-refractivity contribution >= 4 is 0 Å². The Balaban J connectivity index is 1.88. The van der Waals surface area contributed by atoms with Gasteiger partial charge in [0.25, 0.3) is 0 Å². The number of nitrogens with one attached hydrogen (secondary N) is 1. The quantitative estimate of drug-likeness (QED) is 0.727. The second-order valence-electron chi connectivity index (χ2n) is 5.85. The van der Waals surface area contributed by atoms with Crippen LogP contribution in [0.15, 0.2) is 24.3 Å². The number of aryl methyl sites for hydroxylation is 1. The fourth-order valence-electron chi connectivity index (χ4n) is 3.40. The molecule has 0 saturated carbocycles. The first-order valence-electron chi connectivity index (χ1n) is 8.18. The summed E-state index contributed by atoms with van der Waals surface area (Å²) in [6.07, 6.45) is 7.60. The van der Waals surface area contributed by atoms with Gasteiger partial charge in [0, 0.05) is 19.3 Å². The van der Waals surface area contributed by atoms with Crippen LogP contribution in [-0.4, -0.2) is 26.3 Å². The molecule has 0 amide bonds. The molecule has 2 atom stereocenters.